The largest absolute Gasteiger partial charge is 0.310 e. The molecule has 2 heteroatoms. The Balaban J connectivity index is 2.87. The molecule has 0 aromatic heterocycles. The lowest BCUT2D eigenvalue weighted by atomic mass is 10.0. The van der Waals surface area contributed by atoms with Crippen molar-refractivity contribution in [3.63, 3.8) is 0 Å². The van der Waals surface area contributed by atoms with Gasteiger partial charge in [0.2, 0.25) is 0 Å². The van der Waals surface area contributed by atoms with E-state index < -0.39 is 0 Å². The molecule has 0 saturated carbocycles. The summed E-state index contributed by atoms with van der Waals surface area (Å²) in [7, 11) is 0. The van der Waals surface area contributed by atoms with Crippen molar-refractivity contribution in [1.29, 1.82) is 0 Å². The molecule has 17 heavy (non-hydrogen) atoms. The Bertz CT molecular complexity index is 415. The number of nitrogens with one attached hydrogen (secondary N) is 1. The second-order valence-corrected chi connectivity index (χ2v) is 5.13. The number of aryl methyl sites for hydroxylation is 1. The molecule has 0 aliphatic carbocycles. The van der Waals surface area contributed by atoms with Crippen LogP contribution in [0.2, 0.25) is 0 Å². The average Bonchev–Trinajstić information content (AvgIpc) is 2.32. The van der Waals surface area contributed by atoms with Gasteiger partial charge < -0.3 is 5.32 Å². The Morgan fingerprint density at radius 1 is 1.41 bits per heavy atom. The van der Waals surface area contributed by atoms with Gasteiger partial charge in [0.05, 0.1) is 0 Å². The SMILES string of the molecule is CC#CCCC(NCC)c1cccc(C)c1I. The Hall–Kier alpha value is -0.530. The van der Waals surface area contributed by atoms with E-state index in [0.29, 0.717) is 6.04 Å². The quantitative estimate of drug-likeness (QED) is 0.629. The van der Waals surface area contributed by atoms with Crippen molar-refractivity contribution in [3.8, 4) is 11.8 Å². The first-order chi connectivity index (χ1) is 8.20. The first-order valence-corrected chi connectivity index (χ1v) is 7.16. The van der Waals surface area contributed by atoms with Gasteiger partial charge in [0.15, 0.2) is 0 Å². The van der Waals surface area contributed by atoms with Crippen molar-refractivity contribution in [2.24, 2.45) is 0 Å². The highest BCUT2D eigenvalue weighted by atomic mass is 127. The molecule has 0 aliphatic heterocycles. The summed E-state index contributed by atoms with van der Waals surface area (Å²) >= 11 is 2.44. The van der Waals surface area contributed by atoms with Crippen LogP contribution in [0, 0.1) is 22.3 Å². The van der Waals surface area contributed by atoms with E-state index in [4.69, 9.17) is 0 Å². The Morgan fingerprint density at radius 2 is 2.18 bits per heavy atom. The van der Waals surface area contributed by atoms with Crippen LogP contribution in [0.15, 0.2) is 18.2 Å². The minimum absolute atomic E-state index is 0.424. The van der Waals surface area contributed by atoms with Gasteiger partial charge >= 0.3 is 0 Å². The van der Waals surface area contributed by atoms with Crippen LogP contribution < -0.4 is 5.32 Å². The summed E-state index contributed by atoms with van der Waals surface area (Å²) in [5.74, 6) is 6.11. The smallest absolute Gasteiger partial charge is 0.0339 e. The van der Waals surface area contributed by atoms with Crippen molar-refractivity contribution in [3.05, 3.63) is 32.9 Å². The lowest BCUT2D eigenvalue weighted by molar-refractivity contribution is 0.520. The number of benzene rings is 1. The Morgan fingerprint density at radius 3 is 2.82 bits per heavy atom. The summed E-state index contributed by atoms with van der Waals surface area (Å²) in [6, 6.07) is 6.96. The van der Waals surface area contributed by atoms with Crippen LogP contribution in [-0.4, -0.2) is 6.54 Å². The molecule has 0 aliphatic rings. The molecule has 1 aromatic carbocycles. The number of rotatable bonds is 5. The fourth-order valence-electron chi connectivity index (χ4n) is 1.89. The topological polar surface area (TPSA) is 12.0 Å². The highest BCUT2D eigenvalue weighted by Crippen LogP contribution is 2.25. The Kier molecular flexibility index (Phi) is 6.61. The molecular weight excluding hydrogens is 321 g/mol. The van der Waals surface area contributed by atoms with Gasteiger partial charge in [0.25, 0.3) is 0 Å². The average molecular weight is 341 g/mol. The monoisotopic (exact) mass is 341 g/mol. The highest BCUT2D eigenvalue weighted by molar-refractivity contribution is 14.1. The van der Waals surface area contributed by atoms with Crippen molar-refractivity contribution in [2.45, 2.75) is 39.7 Å². The van der Waals surface area contributed by atoms with Crippen molar-refractivity contribution < 1.29 is 0 Å². The number of hydrogen-bond donors (Lipinski definition) is 1. The molecule has 1 aromatic rings. The molecule has 92 valence electrons. The van der Waals surface area contributed by atoms with Gasteiger partial charge in [-0.15, -0.1) is 11.8 Å². The minimum atomic E-state index is 0.424. The van der Waals surface area contributed by atoms with E-state index >= 15 is 0 Å². The molecule has 0 bridgehead atoms. The Labute approximate surface area is 119 Å². The van der Waals surface area contributed by atoms with E-state index in [2.05, 4.69) is 71.8 Å². The second-order valence-electron chi connectivity index (χ2n) is 4.05. The molecule has 0 spiro atoms. The minimum Gasteiger partial charge on any atom is -0.310 e. The van der Waals surface area contributed by atoms with E-state index in [1.54, 1.807) is 0 Å². The molecule has 0 fully saturated rings. The maximum atomic E-state index is 3.55. The summed E-state index contributed by atoms with van der Waals surface area (Å²) in [5.41, 5.74) is 2.76. The van der Waals surface area contributed by atoms with Gasteiger partial charge in [-0.05, 0) is 60.5 Å². The van der Waals surface area contributed by atoms with E-state index in [1.807, 2.05) is 6.92 Å². The summed E-state index contributed by atoms with van der Waals surface area (Å²) in [6.07, 6.45) is 2.03. The molecule has 1 N–H and O–H groups in total. The van der Waals surface area contributed by atoms with Crippen LogP contribution in [0.3, 0.4) is 0 Å². The van der Waals surface area contributed by atoms with Crippen LogP contribution in [0.25, 0.3) is 0 Å². The fraction of sp³-hybridized carbons (Fsp3) is 0.467. The maximum Gasteiger partial charge on any atom is 0.0339 e. The predicted octanol–water partition coefficient (Wildman–Crippen LogP) is 4.05. The zero-order valence-electron chi connectivity index (χ0n) is 10.8. The fourth-order valence-corrected chi connectivity index (χ4v) is 2.63. The van der Waals surface area contributed by atoms with Crippen LogP contribution in [0.5, 0.6) is 0 Å². The third-order valence-corrected chi connectivity index (χ3v) is 4.26. The predicted molar refractivity (Wildman–Crippen MR) is 83.0 cm³/mol. The molecule has 1 atom stereocenters. The van der Waals surface area contributed by atoms with E-state index in [9.17, 15) is 0 Å². The molecule has 1 nitrogen and oxygen atoms in total. The highest BCUT2D eigenvalue weighted by Gasteiger charge is 2.13. The summed E-state index contributed by atoms with van der Waals surface area (Å²) < 4.78 is 1.38. The van der Waals surface area contributed by atoms with E-state index in [1.165, 1.54) is 14.7 Å². The number of hydrogen-bond acceptors (Lipinski definition) is 1. The van der Waals surface area contributed by atoms with Crippen LogP contribution in [-0.2, 0) is 0 Å². The second kappa shape index (κ2) is 7.73. The zero-order chi connectivity index (χ0) is 12.7. The third kappa shape index (κ3) is 4.33. The van der Waals surface area contributed by atoms with Crippen LogP contribution in [0.1, 0.15) is 43.9 Å². The van der Waals surface area contributed by atoms with Gasteiger partial charge in [0.1, 0.15) is 0 Å². The lowest BCUT2D eigenvalue weighted by Gasteiger charge is -2.19. The molecule has 0 radical (unpaired) electrons. The summed E-state index contributed by atoms with van der Waals surface area (Å²) in [5, 5.41) is 3.55. The standard InChI is InChI=1S/C15H20IN/c1-4-6-7-11-14(17-5-2)13-10-8-9-12(3)15(13)16/h8-10,14,17H,5,7,11H2,1-3H3. The molecule has 1 rings (SSSR count). The van der Waals surface area contributed by atoms with Crippen LogP contribution >= 0.6 is 22.6 Å². The van der Waals surface area contributed by atoms with E-state index in [0.717, 1.165) is 19.4 Å². The van der Waals surface area contributed by atoms with Gasteiger partial charge in [0, 0.05) is 16.0 Å². The number of halogens is 1. The van der Waals surface area contributed by atoms with Crippen molar-refractivity contribution >= 4 is 22.6 Å². The first kappa shape index (κ1) is 14.5. The van der Waals surface area contributed by atoms with Crippen LogP contribution in [0.4, 0.5) is 0 Å². The van der Waals surface area contributed by atoms with Crippen molar-refractivity contribution in [1.82, 2.24) is 5.32 Å². The normalized spacial score (nSPS) is 11.8. The van der Waals surface area contributed by atoms with Gasteiger partial charge in [-0.2, -0.15) is 0 Å². The first-order valence-electron chi connectivity index (χ1n) is 6.08. The molecule has 0 amide bonds. The molecule has 1 unspecified atom stereocenters. The third-order valence-electron chi connectivity index (χ3n) is 2.78. The summed E-state index contributed by atoms with van der Waals surface area (Å²) in [4.78, 5) is 0. The van der Waals surface area contributed by atoms with E-state index in [-0.39, 0.29) is 0 Å². The van der Waals surface area contributed by atoms with Crippen molar-refractivity contribution in [2.75, 3.05) is 6.54 Å². The lowest BCUT2D eigenvalue weighted by Crippen LogP contribution is -2.21. The molecular formula is C15H20IN. The molecule has 0 heterocycles. The van der Waals surface area contributed by atoms with Gasteiger partial charge in [-0.1, -0.05) is 25.1 Å². The zero-order valence-corrected chi connectivity index (χ0v) is 13.0. The molecule has 0 saturated heterocycles. The van der Waals surface area contributed by atoms with Gasteiger partial charge in [-0.3, -0.25) is 0 Å². The summed E-state index contributed by atoms with van der Waals surface area (Å²) in [6.45, 7) is 7.22. The van der Waals surface area contributed by atoms with Gasteiger partial charge in [-0.25, -0.2) is 0 Å². The maximum absolute atomic E-state index is 3.55.